The highest BCUT2D eigenvalue weighted by atomic mass is 16.5. The van der Waals surface area contributed by atoms with Gasteiger partial charge in [-0.1, -0.05) is 5.57 Å². The molecule has 0 bridgehead atoms. The summed E-state index contributed by atoms with van der Waals surface area (Å²) in [4.78, 5) is 0. The molecule has 0 unspecified atom stereocenters. The molecule has 0 saturated carbocycles. The van der Waals surface area contributed by atoms with Crippen LogP contribution in [0.5, 0.6) is 0 Å². The van der Waals surface area contributed by atoms with Crippen molar-refractivity contribution in [3.63, 3.8) is 0 Å². The van der Waals surface area contributed by atoms with E-state index in [0.717, 1.165) is 13.0 Å². The topological polar surface area (TPSA) is 9.23 Å². The van der Waals surface area contributed by atoms with Crippen LogP contribution >= 0.6 is 0 Å². The van der Waals surface area contributed by atoms with Gasteiger partial charge < -0.3 is 4.74 Å². The van der Waals surface area contributed by atoms with Crippen molar-refractivity contribution >= 4 is 0 Å². The molecule has 7 heavy (non-hydrogen) atoms. The molecule has 0 N–H and O–H groups in total. The summed E-state index contributed by atoms with van der Waals surface area (Å²) in [5.41, 5.74) is 1.35. The molecule has 0 atom stereocenters. The second-order valence-electron chi connectivity index (χ2n) is 1.71. The van der Waals surface area contributed by atoms with Crippen molar-refractivity contribution in [2.45, 2.75) is 13.3 Å². The number of ether oxygens (including phenoxy) is 1. The van der Waals surface area contributed by atoms with Gasteiger partial charge in [-0.25, -0.2) is 0 Å². The van der Waals surface area contributed by atoms with Gasteiger partial charge in [-0.2, -0.15) is 0 Å². The standard InChI is InChI=1S/C6H8O/c1-6-2-4-7-5-3-6/h2H,3,5H2,1H3. The van der Waals surface area contributed by atoms with E-state index in [1.807, 2.05) is 6.08 Å². The van der Waals surface area contributed by atoms with E-state index in [2.05, 4.69) is 13.5 Å². The molecule has 0 saturated heterocycles. The zero-order chi connectivity index (χ0) is 5.11. The Morgan fingerprint density at radius 3 is 3.00 bits per heavy atom. The van der Waals surface area contributed by atoms with Crippen LogP contribution in [0.25, 0.3) is 0 Å². The fraction of sp³-hybridized carbons (Fsp3) is 0.500. The van der Waals surface area contributed by atoms with Crippen molar-refractivity contribution in [2.24, 2.45) is 0 Å². The summed E-state index contributed by atoms with van der Waals surface area (Å²) in [6.45, 7) is 5.56. The molecular formula is C6H8O. The Labute approximate surface area is 44.0 Å². The van der Waals surface area contributed by atoms with Crippen molar-refractivity contribution in [3.05, 3.63) is 18.3 Å². The Kier molecular flexibility index (Phi) is 1.47. The van der Waals surface area contributed by atoms with Gasteiger partial charge in [0.15, 0.2) is 6.61 Å². The van der Waals surface area contributed by atoms with E-state index in [4.69, 9.17) is 4.74 Å². The Morgan fingerprint density at radius 2 is 2.71 bits per heavy atom. The van der Waals surface area contributed by atoms with E-state index in [1.165, 1.54) is 5.57 Å². The Hall–Kier alpha value is -0.300. The molecule has 0 aliphatic carbocycles. The first-order valence-corrected chi connectivity index (χ1v) is 2.42. The molecule has 0 aromatic heterocycles. The van der Waals surface area contributed by atoms with Crippen molar-refractivity contribution in [2.75, 3.05) is 6.61 Å². The number of rotatable bonds is 0. The second kappa shape index (κ2) is 2.12. The lowest BCUT2D eigenvalue weighted by Crippen LogP contribution is -1.96. The normalized spacial score (nSPS) is 21.6. The molecule has 1 rings (SSSR count). The highest BCUT2D eigenvalue weighted by molar-refractivity contribution is 5.05. The Morgan fingerprint density at radius 1 is 1.86 bits per heavy atom. The summed E-state index contributed by atoms with van der Waals surface area (Å²) in [5.74, 6) is 0. The van der Waals surface area contributed by atoms with Gasteiger partial charge in [0.25, 0.3) is 0 Å². The summed E-state index contributed by atoms with van der Waals surface area (Å²) in [7, 11) is 0. The minimum atomic E-state index is 0.808. The monoisotopic (exact) mass is 96.1 g/mol. The highest BCUT2D eigenvalue weighted by Gasteiger charge is 1.96. The maximum absolute atomic E-state index is 4.81. The van der Waals surface area contributed by atoms with Gasteiger partial charge in [-0.15, -0.1) is 0 Å². The fourth-order valence-electron chi connectivity index (χ4n) is 0.485. The molecule has 1 heterocycles. The Balaban J connectivity index is 2.40. The molecule has 0 amide bonds. The smallest absolute Gasteiger partial charge is 0.158 e. The minimum Gasteiger partial charge on any atom is -0.363 e. The summed E-state index contributed by atoms with van der Waals surface area (Å²) in [6.07, 6.45) is 2.94. The van der Waals surface area contributed by atoms with Crippen LogP contribution in [0.4, 0.5) is 0 Å². The van der Waals surface area contributed by atoms with Crippen LogP contribution in [0.3, 0.4) is 0 Å². The van der Waals surface area contributed by atoms with E-state index < -0.39 is 0 Å². The van der Waals surface area contributed by atoms with Gasteiger partial charge in [0.1, 0.15) is 0 Å². The van der Waals surface area contributed by atoms with Crippen molar-refractivity contribution in [3.8, 4) is 0 Å². The van der Waals surface area contributed by atoms with Crippen molar-refractivity contribution in [1.29, 1.82) is 0 Å². The first-order valence-electron chi connectivity index (χ1n) is 2.42. The zero-order valence-electron chi connectivity index (χ0n) is 4.40. The number of hydrogen-bond acceptors (Lipinski definition) is 1. The lowest BCUT2D eigenvalue weighted by molar-refractivity contribution is 0.208. The third-order valence-corrected chi connectivity index (χ3v) is 0.987. The molecule has 1 aliphatic rings. The highest BCUT2D eigenvalue weighted by Crippen LogP contribution is 2.07. The lowest BCUT2D eigenvalue weighted by Gasteiger charge is -2.05. The molecule has 1 nitrogen and oxygen atoms in total. The lowest BCUT2D eigenvalue weighted by atomic mass is 10.2. The quantitative estimate of drug-likeness (QED) is 0.443. The van der Waals surface area contributed by atoms with E-state index in [1.54, 1.807) is 0 Å². The summed E-state index contributed by atoms with van der Waals surface area (Å²) < 4.78 is 4.81. The van der Waals surface area contributed by atoms with Crippen LogP contribution in [-0.4, -0.2) is 6.61 Å². The molecule has 2 radical (unpaired) electrons. The SMILES string of the molecule is CC1=C[C]OCC1. The molecule has 0 aromatic carbocycles. The van der Waals surface area contributed by atoms with E-state index in [0.29, 0.717) is 0 Å². The van der Waals surface area contributed by atoms with Gasteiger partial charge in [0.05, 0.1) is 6.61 Å². The third-order valence-electron chi connectivity index (χ3n) is 0.987. The molecule has 0 fully saturated rings. The zero-order valence-corrected chi connectivity index (χ0v) is 4.40. The van der Waals surface area contributed by atoms with Crippen LogP contribution in [0.15, 0.2) is 11.6 Å². The third kappa shape index (κ3) is 1.32. The summed E-state index contributed by atoms with van der Waals surface area (Å²) in [6, 6.07) is 0. The van der Waals surface area contributed by atoms with Crippen molar-refractivity contribution < 1.29 is 4.74 Å². The molecule has 1 heteroatoms. The Bertz CT molecular complexity index is 84.2. The largest absolute Gasteiger partial charge is 0.363 e. The molecule has 0 spiro atoms. The van der Waals surface area contributed by atoms with Crippen LogP contribution in [0.1, 0.15) is 13.3 Å². The first kappa shape index (κ1) is 4.85. The van der Waals surface area contributed by atoms with Crippen LogP contribution in [0, 0.1) is 6.61 Å². The minimum absolute atomic E-state index is 0.808. The average molecular weight is 96.1 g/mol. The van der Waals surface area contributed by atoms with Crippen molar-refractivity contribution in [1.82, 2.24) is 0 Å². The predicted octanol–water partition coefficient (Wildman–Crippen LogP) is 1.39. The van der Waals surface area contributed by atoms with Gasteiger partial charge in [-0.3, -0.25) is 0 Å². The molecule has 1 aliphatic heterocycles. The fourth-order valence-corrected chi connectivity index (χ4v) is 0.485. The molecule has 38 valence electrons. The second-order valence-corrected chi connectivity index (χ2v) is 1.71. The summed E-state index contributed by atoms with van der Waals surface area (Å²) in [5, 5.41) is 0. The van der Waals surface area contributed by atoms with Crippen LogP contribution in [0.2, 0.25) is 0 Å². The predicted molar refractivity (Wildman–Crippen MR) is 27.6 cm³/mol. The maximum Gasteiger partial charge on any atom is 0.158 e. The van der Waals surface area contributed by atoms with Crippen LogP contribution < -0.4 is 0 Å². The average Bonchev–Trinajstić information content (AvgIpc) is 1.69. The van der Waals surface area contributed by atoms with Gasteiger partial charge >= 0.3 is 0 Å². The van der Waals surface area contributed by atoms with Gasteiger partial charge in [0.2, 0.25) is 0 Å². The first-order chi connectivity index (χ1) is 3.39. The summed E-state index contributed by atoms with van der Waals surface area (Å²) >= 11 is 0. The van der Waals surface area contributed by atoms with E-state index in [-0.39, 0.29) is 0 Å². The van der Waals surface area contributed by atoms with E-state index in [9.17, 15) is 0 Å². The molecule has 0 aromatic rings. The van der Waals surface area contributed by atoms with Gasteiger partial charge in [-0.05, 0) is 19.4 Å². The van der Waals surface area contributed by atoms with E-state index >= 15 is 0 Å². The van der Waals surface area contributed by atoms with Crippen LogP contribution in [-0.2, 0) is 4.74 Å². The molecular weight excluding hydrogens is 88.1 g/mol. The number of hydrogen-bond donors (Lipinski definition) is 0. The van der Waals surface area contributed by atoms with Gasteiger partial charge in [0, 0.05) is 0 Å². The maximum atomic E-state index is 4.81.